The van der Waals surface area contributed by atoms with Crippen molar-refractivity contribution in [1.29, 1.82) is 0 Å². The maximum atomic E-state index is 11.2. The van der Waals surface area contributed by atoms with Crippen molar-refractivity contribution >= 4 is 5.97 Å². The molecule has 2 atom stereocenters. The Hall–Kier alpha value is -1.55. The minimum atomic E-state index is -0.674. The van der Waals surface area contributed by atoms with Gasteiger partial charge in [0.2, 0.25) is 0 Å². The van der Waals surface area contributed by atoms with Crippen LogP contribution in [0.1, 0.15) is 32.3 Å². The van der Waals surface area contributed by atoms with Crippen molar-refractivity contribution in [2.75, 3.05) is 13.1 Å². The fourth-order valence-corrected chi connectivity index (χ4v) is 3.17. The number of likely N-dealkylation sites (tertiary alicyclic amines) is 1. The second kappa shape index (κ2) is 6.94. The molecule has 1 fully saturated rings. The number of hydrogen-bond donors (Lipinski definition) is 2. The highest BCUT2D eigenvalue weighted by atomic mass is 16.4. The third kappa shape index (κ3) is 4.21. The second-order valence-electron chi connectivity index (χ2n) is 6.35. The normalized spacial score (nSPS) is 21.4. The first kappa shape index (κ1) is 15.8. The molecular weight excluding hydrogens is 266 g/mol. The van der Waals surface area contributed by atoms with Gasteiger partial charge in [-0.3, -0.25) is 9.69 Å². The molecule has 1 aromatic rings. The lowest BCUT2D eigenvalue weighted by Crippen LogP contribution is -2.47. The lowest BCUT2D eigenvalue weighted by Gasteiger charge is -2.39. The molecule has 2 unspecified atom stereocenters. The molecule has 0 spiro atoms. The van der Waals surface area contributed by atoms with Crippen molar-refractivity contribution in [2.45, 2.75) is 39.2 Å². The summed E-state index contributed by atoms with van der Waals surface area (Å²) in [4.78, 5) is 13.6. The van der Waals surface area contributed by atoms with E-state index in [1.165, 1.54) is 5.56 Å². The number of aromatic hydroxyl groups is 1. The number of carboxylic acids is 1. The highest BCUT2D eigenvalue weighted by molar-refractivity contribution is 5.70. The van der Waals surface area contributed by atoms with Crippen molar-refractivity contribution in [2.24, 2.45) is 11.8 Å². The SMILES string of the molecule is CC(C)C(Cc1ccc(O)cc1)N1CCCC(C(=O)O)C1. The third-order valence-electron chi connectivity index (χ3n) is 4.42. The van der Waals surface area contributed by atoms with Crippen molar-refractivity contribution in [1.82, 2.24) is 4.90 Å². The molecule has 4 nitrogen and oxygen atoms in total. The van der Waals surface area contributed by atoms with E-state index in [0.717, 1.165) is 25.8 Å². The second-order valence-corrected chi connectivity index (χ2v) is 6.35. The van der Waals surface area contributed by atoms with Crippen LogP contribution in [0.15, 0.2) is 24.3 Å². The first-order chi connectivity index (χ1) is 9.97. The molecule has 116 valence electrons. The molecule has 2 N–H and O–H groups in total. The molecule has 1 aliphatic rings. The smallest absolute Gasteiger partial charge is 0.307 e. The molecule has 2 rings (SSSR count). The monoisotopic (exact) mass is 291 g/mol. The van der Waals surface area contributed by atoms with Crippen molar-refractivity contribution in [3.63, 3.8) is 0 Å². The summed E-state index contributed by atoms with van der Waals surface area (Å²) in [5.74, 6) is -0.165. The molecule has 0 radical (unpaired) electrons. The molecule has 0 amide bonds. The zero-order valence-electron chi connectivity index (χ0n) is 12.8. The highest BCUT2D eigenvalue weighted by Crippen LogP contribution is 2.24. The predicted octanol–water partition coefficient (Wildman–Crippen LogP) is 2.76. The number of carboxylic acid groups (broad SMARTS) is 1. The largest absolute Gasteiger partial charge is 0.508 e. The van der Waals surface area contributed by atoms with Crippen LogP contribution in [-0.2, 0) is 11.2 Å². The van der Waals surface area contributed by atoms with E-state index in [0.29, 0.717) is 18.5 Å². The van der Waals surface area contributed by atoms with Crippen LogP contribution in [0, 0.1) is 11.8 Å². The predicted molar refractivity (Wildman–Crippen MR) is 82.4 cm³/mol. The van der Waals surface area contributed by atoms with Crippen LogP contribution >= 0.6 is 0 Å². The van der Waals surface area contributed by atoms with Gasteiger partial charge in [0.15, 0.2) is 0 Å². The molecule has 0 bridgehead atoms. The fraction of sp³-hybridized carbons (Fsp3) is 0.588. The van der Waals surface area contributed by atoms with Crippen LogP contribution in [0.25, 0.3) is 0 Å². The van der Waals surface area contributed by atoms with Gasteiger partial charge in [-0.2, -0.15) is 0 Å². The maximum Gasteiger partial charge on any atom is 0.307 e. The molecule has 1 aliphatic heterocycles. The number of phenolic OH excluding ortho intramolecular Hbond substituents is 1. The van der Waals surface area contributed by atoms with Gasteiger partial charge in [0.25, 0.3) is 0 Å². The number of phenols is 1. The molecule has 1 saturated heterocycles. The summed E-state index contributed by atoms with van der Waals surface area (Å²) in [6.07, 6.45) is 2.63. The lowest BCUT2D eigenvalue weighted by atomic mass is 9.90. The fourth-order valence-electron chi connectivity index (χ4n) is 3.17. The quantitative estimate of drug-likeness (QED) is 0.875. The number of hydrogen-bond acceptors (Lipinski definition) is 3. The minimum absolute atomic E-state index is 0.236. The van der Waals surface area contributed by atoms with Crippen LogP contribution < -0.4 is 0 Å². The molecule has 0 aliphatic carbocycles. The Morgan fingerprint density at radius 2 is 2.00 bits per heavy atom. The highest BCUT2D eigenvalue weighted by Gasteiger charge is 2.30. The van der Waals surface area contributed by atoms with Crippen LogP contribution in [0.4, 0.5) is 0 Å². The minimum Gasteiger partial charge on any atom is -0.508 e. The zero-order chi connectivity index (χ0) is 15.4. The van der Waals surface area contributed by atoms with E-state index >= 15 is 0 Å². The number of rotatable bonds is 5. The van der Waals surface area contributed by atoms with Crippen molar-refractivity contribution in [3.8, 4) is 5.75 Å². The Balaban J connectivity index is 2.07. The van der Waals surface area contributed by atoms with E-state index in [1.807, 2.05) is 12.1 Å². The average molecular weight is 291 g/mol. The molecule has 0 saturated carbocycles. The van der Waals surface area contributed by atoms with E-state index in [4.69, 9.17) is 0 Å². The number of carbonyl (C=O) groups is 1. The van der Waals surface area contributed by atoms with Crippen molar-refractivity contribution in [3.05, 3.63) is 29.8 Å². The van der Waals surface area contributed by atoms with E-state index in [9.17, 15) is 15.0 Å². The summed E-state index contributed by atoms with van der Waals surface area (Å²) in [6, 6.07) is 7.66. The van der Waals surface area contributed by atoms with Crippen LogP contribution in [0.2, 0.25) is 0 Å². The van der Waals surface area contributed by atoms with E-state index in [2.05, 4.69) is 18.7 Å². The van der Waals surface area contributed by atoms with Gasteiger partial charge < -0.3 is 10.2 Å². The van der Waals surface area contributed by atoms with E-state index in [1.54, 1.807) is 12.1 Å². The molecule has 1 heterocycles. The van der Waals surface area contributed by atoms with E-state index in [-0.39, 0.29) is 11.7 Å². The van der Waals surface area contributed by atoms with Crippen LogP contribution in [0.5, 0.6) is 5.75 Å². The van der Waals surface area contributed by atoms with Gasteiger partial charge >= 0.3 is 5.97 Å². The van der Waals surface area contributed by atoms with Gasteiger partial charge in [-0.1, -0.05) is 26.0 Å². The van der Waals surface area contributed by atoms with Gasteiger partial charge in [-0.15, -0.1) is 0 Å². The summed E-state index contributed by atoms with van der Waals surface area (Å²) in [5.41, 5.74) is 1.18. The molecular formula is C17H25NO3. The van der Waals surface area contributed by atoms with Gasteiger partial charge in [0.05, 0.1) is 5.92 Å². The third-order valence-corrected chi connectivity index (χ3v) is 4.42. The molecule has 21 heavy (non-hydrogen) atoms. The van der Waals surface area contributed by atoms with Crippen LogP contribution in [0.3, 0.4) is 0 Å². The summed E-state index contributed by atoms with van der Waals surface area (Å²) >= 11 is 0. The van der Waals surface area contributed by atoms with Gasteiger partial charge in [-0.25, -0.2) is 0 Å². The summed E-state index contributed by atoms with van der Waals surface area (Å²) < 4.78 is 0. The lowest BCUT2D eigenvalue weighted by molar-refractivity contribution is -0.144. The van der Waals surface area contributed by atoms with E-state index < -0.39 is 5.97 Å². The topological polar surface area (TPSA) is 60.8 Å². The molecule has 4 heteroatoms. The molecule has 1 aromatic carbocycles. The summed E-state index contributed by atoms with van der Waals surface area (Å²) in [5, 5.41) is 18.6. The number of aliphatic carboxylic acids is 1. The Kier molecular flexibility index (Phi) is 5.23. The Labute approximate surface area is 126 Å². The Morgan fingerprint density at radius 1 is 1.33 bits per heavy atom. The summed E-state index contributed by atoms with van der Waals surface area (Å²) in [7, 11) is 0. The maximum absolute atomic E-state index is 11.2. The first-order valence-corrected chi connectivity index (χ1v) is 7.72. The number of benzene rings is 1. The van der Waals surface area contributed by atoms with Crippen LogP contribution in [-0.4, -0.2) is 40.2 Å². The Bertz CT molecular complexity index is 469. The zero-order valence-corrected chi connectivity index (χ0v) is 12.8. The number of nitrogens with zero attached hydrogens (tertiary/aromatic N) is 1. The number of piperidine rings is 1. The first-order valence-electron chi connectivity index (χ1n) is 7.72. The Morgan fingerprint density at radius 3 is 2.57 bits per heavy atom. The standard InChI is InChI=1S/C17H25NO3/c1-12(2)16(10-13-5-7-15(19)8-6-13)18-9-3-4-14(11-18)17(20)21/h5-8,12,14,16,19H,3-4,9-11H2,1-2H3,(H,20,21). The summed E-state index contributed by atoms with van der Waals surface area (Å²) in [6.45, 7) is 6.01. The molecule has 0 aromatic heterocycles. The van der Waals surface area contributed by atoms with Crippen molar-refractivity contribution < 1.29 is 15.0 Å². The van der Waals surface area contributed by atoms with Gasteiger partial charge in [0, 0.05) is 12.6 Å². The van der Waals surface area contributed by atoms with Gasteiger partial charge in [-0.05, 0) is 49.4 Å². The average Bonchev–Trinajstić information content (AvgIpc) is 2.46. The van der Waals surface area contributed by atoms with Gasteiger partial charge in [0.1, 0.15) is 5.75 Å².